The third-order valence-corrected chi connectivity index (χ3v) is 4.94. The maximum Gasteiger partial charge on any atom is 0.414 e. The highest BCUT2D eigenvalue weighted by atomic mass is 35.5. The van der Waals surface area contributed by atoms with Gasteiger partial charge in [-0.2, -0.15) is 0 Å². The van der Waals surface area contributed by atoms with E-state index in [1.807, 2.05) is 18.2 Å². The van der Waals surface area contributed by atoms with Crippen LogP contribution in [-0.2, 0) is 22.4 Å². The lowest BCUT2D eigenvalue weighted by Gasteiger charge is -2.27. The van der Waals surface area contributed by atoms with Crippen LogP contribution in [0.25, 0.3) is 0 Å². The van der Waals surface area contributed by atoms with Crippen LogP contribution in [0.2, 0.25) is 0 Å². The highest BCUT2D eigenvalue weighted by molar-refractivity contribution is 6.27. The molecule has 0 amide bonds. The summed E-state index contributed by atoms with van der Waals surface area (Å²) in [4.78, 5) is 18.2. The molecule has 1 aliphatic rings. The second kappa shape index (κ2) is 13.6. The molecule has 2 aromatic carbocycles. The summed E-state index contributed by atoms with van der Waals surface area (Å²) in [5, 5.41) is 28.6. The van der Waals surface area contributed by atoms with E-state index in [-0.39, 0.29) is 12.4 Å². The zero-order valence-electron chi connectivity index (χ0n) is 17.5. The van der Waals surface area contributed by atoms with E-state index >= 15 is 0 Å². The average molecular weight is 452 g/mol. The highest BCUT2D eigenvalue weighted by Gasteiger charge is 2.20. The van der Waals surface area contributed by atoms with E-state index in [1.165, 1.54) is 23.1 Å². The molecule has 4 N–H and O–H groups in total. The third kappa shape index (κ3) is 8.57. The number of para-hydroxylation sites is 1. The van der Waals surface area contributed by atoms with Crippen molar-refractivity contribution in [1.29, 1.82) is 0 Å². The van der Waals surface area contributed by atoms with E-state index < -0.39 is 18.0 Å². The molecular formula is C23H30ClNO6. The fraction of sp³-hybridized carbons (Fsp3) is 0.391. The Labute approximate surface area is 188 Å². The van der Waals surface area contributed by atoms with Crippen LogP contribution in [0.5, 0.6) is 5.75 Å². The molecule has 31 heavy (non-hydrogen) atoms. The number of aliphatic carboxylic acids is 2. The Morgan fingerprint density at radius 2 is 1.74 bits per heavy atom. The van der Waals surface area contributed by atoms with Crippen molar-refractivity contribution in [1.82, 2.24) is 5.32 Å². The summed E-state index contributed by atoms with van der Waals surface area (Å²) in [6, 6.07) is 17.0. The molecule has 3 rings (SSSR count). The van der Waals surface area contributed by atoms with Crippen molar-refractivity contribution in [3.63, 3.8) is 0 Å². The normalized spacial score (nSPS) is 15.4. The van der Waals surface area contributed by atoms with Crippen LogP contribution in [-0.4, -0.2) is 46.5 Å². The number of hydrogen-bond acceptors (Lipinski definition) is 5. The Morgan fingerprint density at radius 3 is 2.42 bits per heavy atom. The lowest BCUT2D eigenvalue weighted by molar-refractivity contribution is -0.159. The van der Waals surface area contributed by atoms with Gasteiger partial charge in [0, 0.05) is 12.6 Å². The molecule has 8 heteroatoms. The minimum Gasteiger partial charge on any atom is -0.491 e. The molecule has 2 aromatic rings. The van der Waals surface area contributed by atoms with Crippen molar-refractivity contribution in [2.75, 3.05) is 13.2 Å². The number of halogens is 1. The maximum atomic E-state index is 10.3. The molecule has 0 unspecified atom stereocenters. The van der Waals surface area contributed by atoms with Gasteiger partial charge in [0.15, 0.2) is 0 Å². The van der Waals surface area contributed by atoms with Gasteiger partial charge in [-0.1, -0.05) is 49.4 Å². The van der Waals surface area contributed by atoms with Gasteiger partial charge < -0.3 is 25.4 Å². The molecule has 0 spiro atoms. The van der Waals surface area contributed by atoms with Crippen LogP contribution < -0.4 is 10.1 Å². The van der Waals surface area contributed by atoms with Crippen LogP contribution >= 0.6 is 12.4 Å². The zero-order chi connectivity index (χ0) is 21.9. The molecule has 0 aliphatic heterocycles. The molecule has 0 heterocycles. The molecule has 2 atom stereocenters. The van der Waals surface area contributed by atoms with Gasteiger partial charge in [0.2, 0.25) is 0 Å². The van der Waals surface area contributed by atoms with E-state index in [0.717, 1.165) is 25.0 Å². The first-order valence-electron chi connectivity index (χ1n) is 10.1. The standard InChI is InChI=1S/C21H27NO2.C2H2O4.ClH/c1-2-16-8-4-6-13-21(16)24-15-18(23)14-22-20-12-7-10-17-9-3-5-11-19(17)20;3-1(4)2(5)6;/h3-6,8-9,11,13,18,20,22-23H,2,7,10,12,14-15H2,1H3;(H,3,4)(H,5,6);1H/t18-,20-;;/m0../s1. The molecule has 0 radical (unpaired) electrons. The Bertz CT molecular complexity index is 832. The number of hydrogen-bond donors (Lipinski definition) is 4. The second-order valence-corrected chi connectivity index (χ2v) is 7.09. The first-order valence-corrected chi connectivity index (χ1v) is 10.1. The van der Waals surface area contributed by atoms with Gasteiger partial charge in [0.25, 0.3) is 0 Å². The van der Waals surface area contributed by atoms with Gasteiger partial charge >= 0.3 is 11.9 Å². The molecule has 7 nitrogen and oxygen atoms in total. The first kappa shape index (κ1) is 26.4. The van der Waals surface area contributed by atoms with E-state index in [0.29, 0.717) is 19.2 Å². The minimum atomic E-state index is -1.82. The van der Waals surface area contributed by atoms with Crippen LogP contribution in [0.15, 0.2) is 48.5 Å². The molecule has 0 saturated heterocycles. The molecular weight excluding hydrogens is 422 g/mol. The van der Waals surface area contributed by atoms with Crippen LogP contribution in [0.3, 0.4) is 0 Å². The number of aliphatic hydroxyl groups is 1. The van der Waals surface area contributed by atoms with Gasteiger partial charge in [-0.05, 0) is 48.4 Å². The summed E-state index contributed by atoms with van der Waals surface area (Å²) in [5.41, 5.74) is 4.00. The molecule has 0 saturated carbocycles. The Kier molecular flexibility index (Phi) is 11.6. The van der Waals surface area contributed by atoms with Gasteiger partial charge in [-0.15, -0.1) is 12.4 Å². The minimum absolute atomic E-state index is 0. The first-order chi connectivity index (χ1) is 14.4. The summed E-state index contributed by atoms with van der Waals surface area (Å²) < 4.78 is 5.81. The summed E-state index contributed by atoms with van der Waals surface area (Å²) >= 11 is 0. The smallest absolute Gasteiger partial charge is 0.414 e. The lowest BCUT2D eigenvalue weighted by Crippen LogP contribution is -2.35. The summed E-state index contributed by atoms with van der Waals surface area (Å²) in [6.45, 7) is 2.98. The van der Waals surface area contributed by atoms with E-state index in [1.54, 1.807) is 0 Å². The van der Waals surface area contributed by atoms with Crippen molar-refractivity contribution >= 4 is 24.3 Å². The number of aliphatic hydroxyl groups excluding tert-OH is 1. The third-order valence-electron chi connectivity index (χ3n) is 4.94. The Balaban J connectivity index is 0.000000607. The Morgan fingerprint density at radius 1 is 1.10 bits per heavy atom. The van der Waals surface area contributed by atoms with E-state index in [4.69, 9.17) is 24.5 Å². The van der Waals surface area contributed by atoms with Crippen molar-refractivity contribution in [2.24, 2.45) is 0 Å². The largest absolute Gasteiger partial charge is 0.491 e. The zero-order valence-corrected chi connectivity index (χ0v) is 18.3. The molecule has 0 fully saturated rings. The summed E-state index contributed by atoms with van der Waals surface area (Å²) in [7, 11) is 0. The number of carboxylic acid groups (broad SMARTS) is 2. The number of aryl methyl sites for hydroxylation is 2. The number of carbonyl (C=O) groups is 2. The van der Waals surface area contributed by atoms with Crippen LogP contribution in [0.1, 0.15) is 42.5 Å². The fourth-order valence-corrected chi connectivity index (χ4v) is 3.43. The predicted octanol–water partition coefficient (Wildman–Crippen LogP) is 3.23. The van der Waals surface area contributed by atoms with Crippen molar-refractivity contribution in [3.05, 3.63) is 65.2 Å². The molecule has 0 aromatic heterocycles. The monoisotopic (exact) mass is 451 g/mol. The average Bonchev–Trinajstić information content (AvgIpc) is 2.76. The van der Waals surface area contributed by atoms with Gasteiger partial charge in [-0.25, -0.2) is 9.59 Å². The number of benzene rings is 2. The predicted molar refractivity (Wildman–Crippen MR) is 120 cm³/mol. The van der Waals surface area contributed by atoms with Crippen LogP contribution in [0, 0.1) is 0 Å². The van der Waals surface area contributed by atoms with Crippen molar-refractivity contribution in [3.8, 4) is 5.75 Å². The topological polar surface area (TPSA) is 116 Å². The van der Waals surface area contributed by atoms with Crippen molar-refractivity contribution in [2.45, 2.75) is 44.8 Å². The fourth-order valence-electron chi connectivity index (χ4n) is 3.43. The second-order valence-electron chi connectivity index (χ2n) is 7.09. The van der Waals surface area contributed by atoms with Crippen molar-refractivity contribution < 1.29 is 29.6 Å². The van der Waals surface area contributed by atoms with Gasteiger partial charge in [0.05, 0.1) is 0 Å². The Hall–Kier alpha value is -2.61. The number of nitrogens with one attached hydrogen (secondary N) is 1. The van der Waals surface area contributed by atoms with Gasteiger partial charge in [-0.3, -0.25) is 0 Å². The lowest BCUT2D eigenvalue weighted by atomic mass is 9.88. The van der Waals surface area contributed by atoms with Gasteiger partial charge in [0.1, 0.15) is 18.5 Å². The van der Waals surface area contributed by atoms with E-state index in [9.17, 15) is 5.11 Å². The number of fused-ring (bicyclic) bond motifs is 1. The number of carboxylic acids is 2. The molecule has 170 valence electrons. The number of rotatable bonds is 7. The maximum absolute atomic E-state index is 10.3. The highest BCUT2D eigenvalue weighted by Crippen LogP contribution is 2.29. The van der Waals surface area contributed by atoms with E-state index in [2.05, 4.69) is 42.6 Å². The number of ether oxygens (including phenoxy) is 1. The van der Waals surface area contributed by atoms with Crippen LogP contribution in [0.4, 0.5) is 0 Å². The summed E-state index contributed by atoms with van der Waals surface area (Å²) in [5.74, 6) is -2.77. The molecule has 0 bridgehead atoms. The quantitative estimate of drug-likeness (QED) is 0.477. The molecule has 1 aliphatic carbocycles. The summed E-state index contributed by atoms with van der Waals surface area (Å²) in [6.07, 6.45) is 3.91. The SMILES string of the molecule is CCc1ccccc1OC[C@@H](O)CN[C@H]1CCCc2ccccc21.Cl.O=C(O)C(=O)O.